The molecule has 0 aliphatic rings. The quantitative estimate of drug-likeness (QED) is 0.201. The monoisotopic (exact) mass is 577 g/mol. The van der Waals surface area contributed by atoms with Crippen molar-refractivity contribution in [2.75, 3.05) is 4.90 Å². The Labute approximate surface area is 259 Å². The molecule has 206 valence electrons. The van der Waals surface area contributed by atoms with Gasteiger partial charge in [0, 0.05) is 26.5 Å². The summed E-state index contributed by atoms with van der Waals surface area (Å²) < 4.78 is 2.64. The molecule has 0 aliphatic heterocycles. The number of hydrogen-bond donors (Lipinski definition) is 0. The first-order chi connectivity index (χ1) is 21.8. The van der Waals surface area contributed by atoms with E-state index in [1.807, 2.05) is 11.3 Å². The van der Waals surface area contributed by atoms with E-state index in [1.54, 1.807) is 0 Å². The lowest BCUT2D eigenvalue weighted by atomic mass is 10.00. The number of fused-ring (bicyclic) bond motifs is 7. The smallest absolute Gasteiger partial charge is 0.0640 e. The van der Waals surface area contributed by atoms with Crippen molar-refractivity contribution in [3.63, 3.8) is 0 Å². The zero-order chi connectivity index (χ0) is 29.0. The predicted molar refractivity (Wildman–Crippen MR) is 192 cm³/mol. The number of hydrogen-bond acceptors (Lipinski definition) is 2. The van der Waals surface area contributed by atoms with Gasteiger partial charge in [-0.15, -0.1) is 11.3 Å². The molecule has 0 amide bonds. The van der Waals surface area contributed by atoms with Gasteiger partial charge in [0.05, 0.1) is 16.1 Å². The van der Waals surface area contributed by atoms with Crippen LogP contribution in [0.1, 0.15) is 0 Å². The van der Waals surface area contributed by atoms with E-state index in [1.165, 1.54) is 75.0 Å². The summed E-state index contributed by atoms with van der Waals surface area (Å²) >= 11 is 1.90. The van der Waals surface area contributed by atoms with Gasteiger partial charge in [0.1, 0.15) is 0 Å². The molecule has 0 N–H and O–H groups in total. The van der Waals surface area contributed by atoms with E-state index < -0.39 is 0 Å². The average molecular weight is 578 g/mol. The maximum absolute atomic E-state index is 2.47. The lowest BCUT2D eigenvalue weighted by Crippen LogP contribution is -2.10. The number of benzene rings is 8. The topological polar surface area (TPSA) is 3.24 Å². The molecule has 0 aliphatic carbocycles. The van der Waals surface area contributed by atoms with Crippen LogP contribution in [0.15, 0.2) is 164 Å². The Balaban J connectivity index is 1.30. The minimum Gasteiger partial charge on any atom is -0.308 e. The lowest BCUT2D eigenvalue weighted by molar-refractivity contribution is 1.32. The van der Waals surface area contributed by atoms with Crippen molar-refractivity contribution in [2.45, 2.75) is 0 Å². The van der Waals surface area contributed by atoms with Crippen LogP contribution in [-0.4, -0.2) is 0 Å². The first-order valence-corrected chi connectivity index (χ1v) is 15.8. The van der Waals surface area contributed by atoms with Crippen molar-refractivity contribution < 1.29 is 0 Å². The Hall–Kier alpha value is -5.44. The highest BCUT2D eigenvalue weighted by atomic mass is 32.1. The fraction of sp³-hybridized carbons (Fsp3) is 0. The molecule has 0 fully saturated rings. The van der Waals surface area contributed by atoms with E-state index in [9.17, 15) is 0 Å². The maximum Gasteiger partial charge on any atom is 0.0640 e. The van der Waals surface area contributed by atoms with Crippen LogP contribution in [0, 0.1) is 0 Å². The molecular formula is C42H27NS. The zero-order valence-corrected chi connectivity index (χ0v) is 24.8. The summed E-state index contributed by atoms with van der Waals surface area (Å²) in [6.07, 6.45) is 0. The summed E-state index contributed by atoms with van der Waals surface area (Å²) in [7, 11) is 0. The summed E-state index contributed by atoms with van der Waals surface area (Å²) in [5.74, 6) is 0. The van der Waals surface area contributed by atoms with E-state index in [-0.39, 0.29) is 0 Å². The lowest BCUT2D eigenvalue weighted by Gasteiger charge is -2.27. The molecule has 0 saturated heterocycles. The molecule has 9 rings (SSSR count). The van der Waals surface area contributed by atoms with Gasteiger partial charge in [-0.3, -0.25) is 0 Å². The number of rotatable bonds is 4. The third-order valence-corrected chi connectivity index (χ3v) is 10.1. The highest BCUT2D eigenvalue weighted by molar-refractivity contribution is 7.27. The van der Waals surface area contributed by atoms with Crippen molar-refractivity contribution in [3.8, 4) is 11.1 Å². The van der Waals surface area contributed by atoms with Crippen molar-refractivity contribution in [1.29, 1.82) is 0 Å². The van der Waals surface area contributed by atoms with Gasteiger partial charge in [-0.25, -0.2) is 0 Å². The molecule has 1 aromatic heterocycles. The van der Waals surface area contributed by atoms with E-state index in [2.05, 4.69) is 169 Å². The summed E-state index contributed by atoms with van der Waals surface area (Å²) in [4.78, 5) is 2.47. The first kappa shape index (κ1) is 25.1. The molecule has 8 aromatic carbocycles. The molecule has 0 radical (unpaired) electrons. The molecule has 0 bridgehead atoms. The molecule has 1 nitrogen and oxygen atoms in total. The molecule has 0 saturated carbocycles. The Bertz CT molecular complexity index is 2500. The highest BCUT2D eigenvalue weighted by Gasteiger charge is 2.20. The second-order valence-electron chi connectivity index (χ2n) is 11.4. The van der Waals surface area contributed by atoms with Gasteiger partial charge < -0.3 is 4.90 Å². The second kappa shape index (κ2) is 10.1. The molecule has 0 unspecified atom stereocenters. The molecular weight excluding hydrogens is 551 g/mol. The van der Waals surface area contributed by atoms with Crippen LogP contribution in [0.25, 0.3) is 63.6 Å². The molecule has 9 aromatic rings. The van der Waals surface area contributed by atoms with Crippen molar-refractivity contribution in [3.05, 3.63) is 164 Å². The molecule has 1 heterocycles. The van der Waals surface area contributed by atoms with Crippen LogP contribution in [0.3, 0.4) is 0 Å². The number of thiophene rings is 1. The van der Waals surface area contributed by atoms with Crippen LogP contribution in [0.5, 0.6) is 0 Å². The van der Waals surface area contributed by atoms with E-state index in [0.29, 0.717) is 0 Å². The van der Waals surface area contributed by atoms with Crippen LogP contribution in [0.4, 0.5) is 17.1 Å². The Morgan fingerprint density at radius 1 is 0.341 bits per heavy atom. The third-order valence-electron chi connectivity index (χ3n) is 8.81. The van der Waals surface area contributed by atoms with Gasteiger partial charge in [0.2, 0.25) is 0 Å². The number of anilines is 3. The summed E-state index contributed by atoms with van der Waals surface area (Å²) in [5, 5.41) is 10.1. The summed E-state index contributed by atoms with van der Waals surface area (Å²) in [6, 6.07) is 59.7. The average Bonchev–Trinajstić information content (AvgIpc) is 3.49. The van der Waals surface area contributed by atoms with Gasteiger partial charge >= 0.3 is 0 Å². The first-order valence-electron chi connectivity index (χ1n) is 15.0. The van der Waals surface area contributed by atoms with Crippen LogP contribution < -0.4 is 4.90 Å². The van der Waals surface area contributed by atoms with Gasteiger partial charge in [-0.1, -0.05) is 133 Å². The Morgan fingerprint density at radius 3 is 1.84 bits per heavy atom. The van der Waals surface area contributed by atoms with Crippen molar-refractivity contribution in [2.24, 2.45) is 0 Å². The molecule has 44 heavy (non-hydrogen) atoms. The molecule has 0 spiro atoms. The Morgan fingerprint density at radius 2 is 0.955 bits per heavy atom. The zero-order valence-electron chi connectivity index (χ0n) is 23.9. The summed E-state index contributed by atoms with van der Waals surface area (Å²) in [5.41, 5.74) is 6.00. The normalized spacial score (nSPS) is 11.6. The van der Waals surface area contributed by atoms with Crippen LogP contribution in [0.2, 0.25) is 0 Å². The van der Waals surface area contributed by atoms with Gasteiger partial charge in [0.25, 0.3) is 0 Å². The number of nitrogens with zero attached hydrogens (tertiary/aromatic N) is 1. The predicted octanol–water partition coefficient (Wildman–Crippen LogP) is 12.7. The van der Waals surface area contributed by atoms with Gasteiger partial charge in [-0.2, -0.15) is 0 Å². The largest absolute Gasteiger partial charge is 0.308 e. The molecule has 2 heteroatoms. The SMILES string of the molecule is c1ccc(-c2ccc3cc(N(c4cccc5ccccc45)c4cccc5c4sc4c6ccccc6ccc54)ccc3c2)cc1. The van der Waals surface area contributed by atoms with Crippen LogP contribution >= 0.6 is 11.3 Å². The highest BCUT2D eigenvalue weighted by Crippen LogP contribution is 2.48. The van der Waals surface area contributed by atoms with E-state index >= 15 is 0 Å². The van der Waals surface area contributed by atoms with Crippen LogP contribution in [-0.2, 0) is 0 Å². The standard InChI is InChI=1S/C42H27NS/c1-2-10-28(11-3-1)31-20-21-33-27-34(24-22-32(33)26-31)43(39-18-8-14-29-12-4-6-15-35(29)39)40-19-9-17-37-38-25-23-30-13-5-7-16-36(30)41(38)44-42(37)40/h1-27H. The maximum atomic E-state index is 2.47. The van der Waals surface area contributed by atoms with Gasteiger partial charge in [-0.05, 0) is 68.4 Å². The fourth-order valence-corrected chi connectivity index (χ4v) is 8.02. The Kier molecular flexibility index (Phi) is 5.75. The molecule has 0 atom stereocenters. The second-order valence-corrected chi connectivity index (χ2v) is 12.4. The van der Waals surface area contributed by atoms with E-state index in [4.69, 9.17) is 0 Å². The minimum absolute atomic E-state index is 1.15. The third kappa shape index (κ3) is 4.00. The van der Waals surface area contributed by atoms with E-state index in [0.717, 1.165) is 5.69 Å². The summed E-state index contributed by atoms with van der Waals surface area (Å²) in [6.45, 7) is 0. The van der Waals surface area contributed by atoms with Crippen molar-refractivity contribution in [1.82, 2.24) is 0 Å². The van der Waals surface area contributed by atoms with Crippen molar-refractivity contribution >= 4 is 80.9 Å². The van der Waals surface area contributed by atoms with Gasteiger partial charge in [0.15, 0.2) is 0 Å². The minimum atomic E-state index is 1.15. The fourth-order valence-electron chi connectivity index (χ4n) is 6.68.